The minimum atomic E-state index is -0.417. The number of hydrogen-bond donors (Lipinski definition) is 2. The van der Waals surface area contributed by atoms with Gasteiger partial charge >= 0.3 is 6.03 Å². The third kappa shape index (κ3) is 3.74. The van der Waals surface area contributed by atoms with E-state index in [9.17, 15) is 4.79 Å². The second kappa shape index (κ2) is 6.02. The second-order valence-electron chi connectivity index (χ2n) is 3.35. The number of nitrogens with zero attached hydrogens (tertiary/aromatic N) is 1. The molecule has 6 heteroatoms. The summed E-state index contributed by atoms with van der Waals surface area (Å²) >= 11 is 3.31. The first-order valence-corrected chi connectivity index (χ1v) is 5.92. The third-order valence-corrected chi connectivity index (χ3v) is 2.53. The van der Waals surface area contributed by atoms with Gasteiger partial charge in [-0.1, -0.05) is 15.9 Å². The molecule has 0 aliphatic rings. The number of carbonyl (C=O) groups excluding carboxylic acids is 1. The highest BCUT2D eigenvalue weighted by atomic mass is 79.9. The Morgan fingerprint density at radius 1 is 1.28 bits per heavy atom. The standard InChI is InChI=1S/C12H10BrN3O2/c13-9-3-5-10(6-4-9)15-12(17)16-14-8-11-2-1-7-18-11/h1-8H,(H2,15,16,17)/b14-8+. The first-order chi connectivity index (χ1) is 8.74. The van der Waals surface area contributed by atoms with Crippen LogP contribution < -0.4 is 10.7 Å². The lowest BCUT2D eigenvalue weighted by Gasteiger charge is -2.03. The van der Waals surface area contributed by atoms with Gasteiger partial charge in [-0.25, -0.2) is 10.2 Å². The fourth-order valence-electron chi connectivity index (χ4n) is 1.21. The number of rotatable bonds is 3. The number of hydrazone groups is 1. The average Bonchev–Trinajstić information content (AvgIpc) is 2.85. The minimum absolute atomic E-state index is 0.417. The molecule has 1 heterocycles. The SMILES string of the molecule is O=C(N/N=C/c1ccco1)Nc1ccc(Br)cc1. The number of carbonyl (C=O) groups is 1. The van der Waals surface area contributed by atoms with Crippen molar-refractivity contribution in [2.45, 2.75) is 0 Å². The van der Waals surface area contributed by atoms with Crippen molar-refractivity contribution in [3.05, 3.63) is 52.9 Å². The van der Waals surface area contributed by atoms with Crippen LogP contribution >= 0.6 is 15.9 Å². The van der Waals surface area contributed by atoms with Gasteiger partial charge in [0.15, 0.2) is 0 Å². The van der Waals surface area contributed by atoms with E-state index in [1.54, 1.807) is 24.3 Å². The Labute approximate surface area is 112 Å². The monoisotopic (exact) mass is 307 g/mol. The molecule has 1 aromatic carbocycles. The number of anilines is 1. The highest BCUT2D eigenvalue weighted by Gasteiger charge is 1.99. The van der Waals surface area contributed by atoms with E-state index < -0.39 is 6.03 Å². The van der Waals surface area contributed by atoms with Gasteiger partial charge < -0.3 is 9.73 Å². The summed E-state index contributed by atoms with van der Waals surface area (Å²) in [6.07, 6.45) is 2.95. The van der Waals surface area contributed by atoms with Crippen LogP contribution in [0.15, 0.2) is 56.7 Å². The van der Waals surface area contributed by atoms with Crippen LogP contribution in [0, 0.1) is 0 Å². The van der Waals surface area contributed by atoms with E-state index in [-0.39, 0.29) is 0 Å². The second-order valence-corrected chi connectivity index (χ2v) is 4.26. The van der Waals surface area contributed by atoms with E-state index >= 15 is 0 Å². The van der Waals surface area contributed by atoms with Crippen molar-refractivity contribution in [2.24, 2.45) is 5.10 Å². The van der Waals surface area contributed by atoms with Gasteiger partial charge in [0.25, 0.3) is 0 Å². The first-order valence-electron chi connectivity index (χ1n) is 5.13. The lowest BCUT2D eigenvalue weighted by Crippen LogP contribution is -2.24. The Hall–Kier alpha value is -2.08. The molecule has 0 spiro atoms. The zero-order valence-electron chi connectivity index (χ0n) is 9.26. The molecule has 0 radical (unpaired) electrons. The molecule has 5 nitrogen and oxygen atoms in total. The predicted molar refractivity (Wildman–Crippen MR) is 72.6 cm³/mol. The summed E-state index contributed by atoms with van der Waals surface area (Å²) in [5.74, 6) is 0.568. The maximum atomic E-state index is 11.4. The van der Waals surface area contributed by atoms with Crippen LogP contribution in [0.4, 0.5) is 10.5 Å². The van der Waals surface area contributed by atoms with Crippen molar-refractivity contribution < 1.29 is 9.21 Å². The Kier molecular flexibility index (Phi) is 4.14. The Balaban J connectivity index is 1.84. The summed E-state index contributed by atoms with van der Waals surface area (Å²) in [7, 11) is 0. The number of benzene rings is 1. The highest BCUT2D eigenvalue weighted by molar-refractivity contribution is 9.10. The Morgan fingerprint density at radius 3 is 2.72 bits per heavy atom. The Bertz CT molecular complexity index is 535. The zero-order chi connectivity index (χ0) is 12.8. The molecular formula is C12H10BrN3O2. The third-order valence-electron chi connectivity index (χ3n) is 2.00. The minimum Gasteiger partial charge on any atom is -0.463 e. The van der Waals surface area contributed by atoms with E-state index in [0.29, 0.717) is 11.4 Å². The molecular weight excluding hydrogens is 298 g/mol. The van der Waals surface area contributed by atoms with Gasteiger partial charge in [-0.3, -0.25) is 0 Å². The maximum absolute atomic E-state index is 11.4. The molecule has 0 fully saturated rings. The van der Waals surface area contributed by atoms with Crippen molar-refractivity contribution in [1.82, 2.24) is 5.43 Å². The molecule has 1 aromatic heterocycles. The van der Waals surface area contributed by atoms with E-state index in [0.717, 1.165) is 4.47 Å². The van der Waals surface area contributed by atoms with Crippen molar-refractivity contribution >= 4 is 33.9 Å². The summed E-state index contributed by atoms with van der Waals surface area (Å²) < 4.78 is 5.97. The van der Waals surface area contributed by atoms with Gasteiger partial charge in [0, 0.05) is 10.2 Å². The van der Waals surface area contributed by atoms with Crippen LogP contribution in [0.25, 0.3) is 0 Å². The fourth-order valence-corrected chi connectivity index (χ4v) is 1.48. The number of furan rings is 1. The van der Waals surface area contributed by atoms with E-state index in [1.807, 2.05) is 12.1 Å². The van der Waals surface area contributed by atoms with E-state index in [1.165, 1.54) is 12.5 Å². The molecule has 0 saturated heterocycles. The molecule has 2 amide bonds. The number of halogens is 1. The fraction of sp³-hybridized carbons (Fsp3) is 0. The molecule has 0 aliphatic heterocycles. The van der Waals surface area contributed by atoms with Gasteiger partial charge in [0.05, 0.1) is 12.5 Å². The smallest absolute Gasteiger partial charge is 0.339 e. The van der Waals surface area contributed by atoms with Crippen molar-refractivity contribution in [3.8, 4) is 0 Å². The lowest BCUT2D eigenvalue weighted by atomic mass is 10.3. The highest BCUT2D eigenvalue weighted by Crippen LogP contribution is 2.13. The van der Waals surface area contributed by atoms with Gasteiger partial charge in [-0.15, -0.1) is 0 Å². The molecule has 92 valence electrons. The van der Waals surface area contributed by atoms with Crippen molar-refractivity contribution in [3.63, 3.8) is 0 Å². The van der Waals surface area contributed by atoms with Crippen molar-refractivity contribution in [2.75, 3.05) is 5.32 Å². The topological polar surface area (TPSA) is 66.6 Å². The van der Waals surface area contributed by atoms with E-state index in [2.05, 4.69) is 31.8 Å². The molecule has 2 rings (SSSR count). The van der Waals surface area contributed by atoms with Gasteiger partial charge in [-0.2, -0.15) is 5.10 Å². The summed E-state index contributed by atoms with van der Waals surface area (Å²) in [6, 6.07) is 10.3. The van der Waals surface area contributed by atoms with Crippen LogP contribution in [0.2, 0.25) is 0 Å². The largest absolute Gasteiger partial charge is 0.463 e. The molecule has 0 unspecified atom stereocenters. The molecule has 0 saturated carbocycles. The van der Waals surface area contributed by atoms with Crippen LogP contribution in [0.5, 0.6) is 0 Å². The molecule has 0 bridgehead atoms. The van der Waals surface area contributed by atoms with Gasteiger partial charge in [0.1, 0.15) is 5.76 Å². The lowest BCUT2D eigenvalue weighted by molar-refractivity contribution is 0.252. The normalized spacial score (nSPS) is 10.5. The summed E-state index contributed by atoms with van der Waals surface area (Å²) in [5.41, 5.74) is 3.02. The number of urea groups is 1. The predicted octanol–water partition coefficient (Wildman–Crippen LogP) is 3.20. The quantitative estimate of drug-likeness (QED) is 0.675. The van der Waals surface area contributed by atoms with Gasteiger partial charge in [0.2, 0.25) is 0 Å². The summed E-state index contributed by atoms with van der Waals surface area (Å²) in [6.45, 7) is 0. The average molecular weight is 308 g/mol. The van der Waals surface area contributed by atoms with Gasteiger partial charge in [-0.05, 0) is 36.4 Å². The number of nitrogens with one attached hydrogen (secondary N) is 2. The molecule has 0 atom stereocenters. The Morgan fingerprint density at radius 2 is 2.06 bits per heavy atom. The van der Waals surface area contributed by atoms with Crippen LogP contribution in [0.1, 0.15) is 5.76 Å². The number of amides is 2. The maximum Gasteiger partial charge on any atom is 0.339 e. The number of hydrogen-bond acceptors (Lipinski definition) is 3. The molecule has 2 aromatic rings. The summed E-state index contributed by atoms with van der Waals surface area (Å²) in [4.78, 5) is 11.4. The van der Waals surface area contributed by atoms with Crippen LogP contribution in [0.3, 0.4) is 0 Å². The van der Waals surface area contributed by atoms with Crippen LogP contribution in [-0.4, -0.2) is 12.2 Å². The zero-order valence-corrected chi connectivity index (χ0v) is 10.8. The molecule has 2 N–H and O–H groups in total. The van der Waals surface area contributed by atoms with Crippen molar-refractivity contribution in [1.29, 1.82) is 0 Å². The first kappa shape index (κ1) is 12.4. The van der Waals surface area contributed by atoms with E-state index in [4.69, 9.17) is 4.42 Å². The molecule has 0 aliphatic carbocycles. The summed E-state index contributed by atoms with van der Waals surface area (Å²) in [5, 5.41) is 6.37. The molecule has 18 heavy (non-hydrogen) atoms. The van der Waals surface area contributed by atoms with Crippen LogP contribution in [-0.2, 0) is 0 Å².